The summed E-state index contributed by atoms with van der Waals surface area (Å²) in [5.41, 5.74) is -8.03. The van der Waals surface area contributed by atoms with Crippen LogP contribution in [0.4, 0.5) is 14.4 Å². The Kier molecular flexibility index (Phi) is 17.3. The molecule has 9 rings (SSSR count). The predicted molar refractivity (Wildman–Crippen MR) is 299 cm³/mol. The van der Waals surface area contributed by atoms with Crippen LogP contribution in [0.3, 0.4) is 0 Å². The zero-order valence-corrected chi connectivity index (χ0v) is 49.2. The van der Waals surface area contributed by atoms with E-state index in [1.807, 2.05) is 13.8 Å². The summed E-state index contributed by atoms with van der Waals surface area (Å²) in [5.74, 6) is -4.12. The third-order valence-electron chi connectivity index (χ3n) is 17.2. The Balaban J connectivity index is 1.20. The van der Waals surface area contributed by atoms with Gasteiger partial charge in [-0.3, -0.25) is 9.69 Å². The van der Waals surface area contributed by atoms with Crippen LogP contribution in [0.5, 0.6) is 11.5 Å². The molecule has 2 heterocycles. The maximum atomic E-state index is 16.6. The summed E-state index contributed by atoms with van der Waals surface area (Å²) in [6.07, 6.45) is -15.2. The van der Waals surface area contributed by atoms with Crippen molar-refractivity contribution in [3.8, 4) is 11.5 Å². The highest BCUT2D eigenvalue weighted by Gasteiger charge is 2.78. The zero-order valence-electron chi connectivity index (χ0n) is 49.2. The van der Waals surface area contributed by atoms with Crippen LogP contribution in [-0.4, -0.2) is 132 Å². The SMILES string of the molecule is COc1ccc(C2O[C@@H](C(=O)O[C@H]3C[C@@]4(O)[C@@H](OC(=O)c5ccccc5)[C@@H]5[C@]6(O)CO[C@@H]6C[C@H](OC(=O)OCc6ccccc6)[C@@]5(C)C(=O)[C@H](OC(=O)OCc5ccccc5)C(=C3C)C4(C)C)[C@H](CC(C)C)N2C(=O)OC(C)(C)C)c(OC)c1. The molecule has 84 heavy (non-hydrogen) atoms. The first-order valence-electron chi connectivity index (χ1n) is 28.2. The van der Waals surface area contributed by atoms with Crippen LogP contribution in [0.2, 0.25) is 0 Å². The number of aliphatic hydroxyl groups is 2. The minimum atomic E-state index is -2.51. The lowest BCUT2D eigenvalue weighted by atomic mass is 9.44. The molecule has 2 saturated carbocycles. The Morgan fingerprint density at radius 2 is 1.37 bits per heavy atom. The summed E-state index contributed by atoms with van der Waals surface area (Å²) < 4.78 is 66.9. The lowest BCUT2D eigenvalue weighted by Crippen LogP contribution is -2.81. The van der Waals surface area contributed by atoms with Crippen molar-refractivity contribution in [1.82, 2.24) is 4.90 Å². The van der Waals surface area contributed by atoms with Gasteiger partial charge in [0.1, 0.15) is 59.8 Å². The highest BCUT2D eigenvalue weighted by Crippen LogP contribution is 2.64. The Hall–Kier alpha value is -7.52. The molecular weight excluding hydrogens is 1090 g/mol. The number of benzene rings is 4. The fourth-order valence-corrected chi connectivity index (χ4v) is 12.9. The molecule has 1 unspecified atom stereocenters. The van der Waals surface area contributed by atoms with Crippen LogP contribution in [0.25, 0.3) is 0 Å². The van der Waals surface area contributed by atoms with Crippen LogP contribution in [0.15, 0.2) is 120 Å². The summed E-state index contributed by atoms with van der Waals surface area (Å²) in [6.45, 7) is 14.1. The molecule has 2 saturated heterocycles. The first-order valence-corrected chi connectivity index (χ1v) is 28.2. The van der Waals surface area contributed by atoms with Gasteiger partial charge in [-0.15, -0.1) is 0 Å². The van der Waals surface area contributed by atoms with Crippen molar-refractivity contribution < 1.29 is 91.1 Å². The molecule has 3 aliphatic carbocycles. The topological polar surface area (TPSA) is 248 Å². The molecule has 4 aromatic carbocycles. The second-order valence-corrected chi connectivity index (χ2v) is 24.4. The smallest absolute Gasteiger partial charge is 0.497 e. The van der Waals surface area contributed by atoms with E-state index in [2.05, 4.69) is 0 Å². The first kappa shape index (κ1) is 61.1. The van der Waals surface area contributed by atoms with Crippen LogP contribution in [0, 0.1) is 22.7 Å². The maximum absolute atomic E-state index is 16.6. The molecule has 2 bridgehead atoms. The first-order chi connectivity index (χ1) is 39.7. The average molecular weight is 1160 g/mol. The molecule has 2 N–H and O–H groups in total. The van der Waals surface area contributed by atoms with Gasteiger partial charge >= 0.3 is 30.3 Å². The van der Waals surface area contributed by atoms with Gasteiger partial charge in [0, 0.05) is 35.8 Å². The minimum Gasteiger partial charge on any atom is -0.497 e. The van der Waals surface area contributed by atoms with Crippen LogP contribution < -0.4 is 9.47 Å². The number of amides is 1. The fourth-order valence-electron chi connectivity index (χ4n) is 12.9. The van der Waals surface area contributed by atoms with E-state index in [9.17, 15) is 29.4 Å². The Labute approximate surface area is 488 Å². The molecule has 4 fully saturated rings. The molecule has 5 aliphatic rings. The molecule has 2 aliphatic heterocycles. The lowest BCUT2D eigenvalue weighted by molar-refractivity contribution is -0.344. The van der Waals surface area contributed by atoms with E-state index >= 15 is 9.59 Å². The van der Waals surface area contributed by atoms with E-state index in [-0.39, 0.29) is 54.4 Å². The average Bonchev–Trinajstić information content (AvgIpc) is 0.781. The van der Waals surface area contributed by atoms with Crippen molar-refractivity contribution in [1.29, 1.82) is 0 Å². The molecule has 20 nitrogen and oxygen atoms in total. The van der Waals surface area contributed by atoms with Gasteiger partial charge in [-0.2, -0.15) is 0 Å². The Morgan fingerprint density at radius 1 is 0.774 bits per heavy atom. The van der Waals surface area contributed by atoms with Crippen molar-refractivity contribution in [2.24, 2.45) is 22.7 Å². The molecule has 0 spiro atoms. The van der Waals surface area contributed by atoms with Crippen LogP contribution in [0.1, 0.15) is 115 Å². The van der Waals surface area contributed by atoms with E-state index in [4.69, 9.17) is 52.1 Å². The van der Waals surface area contributed by atoms with Crippen molar-refractivity contribution in [2.75, 3.05) is 20.8 Å². The maximum Gasteiger partial charge on any atom is 0.509 e. The van der Waals surface area contributed by atoms with E-state index in [0.717, 1.165) is 0 Å². The largest absolute Gasteiger partial charge is 0.509 e. The van der Waals surface area contributed by atoms with Gasteiger partial charge < -0.3 is 62.3 Å². The van der Waals surface area contributed by atoms with E-state index in [0.29, 0.717) is 22.4 Å². The number of Topliss-reactive ketones (excluding diaryl/α,β-unsaturated/α-hetero) is 1. The number of nitrogens with zero attached hydrogens (tertiary/aromatic N) is 1. The number of hydrogen-bond donors (Lipinski definition) is 2. The quantitative estimate of drug-likeness (QED) is 0.0639. The minimum absolute atomic E-state index is 0.0377. The van der Waals surface area contributed by atoms with Crippen LogP contribution >= 0.6 is 0 Å². The number of carbonyl (C=O) groups is 6. The standard InChI is InChI=1S/C64H75NO19/c1-36(2)29-43-49(81-54(65(43)57(69)84-60(4,5)6)42-28-27-41(74-10)30-44(42)75-11)56(68)79-45-32-64(73)53(83-55(67)40-25-19-14-20-26-40)51-62(9,46(31-47-63(51,72)35-78-47)80-58(70)76-33-38-21-15-12-16-22-38)52(66)50(48(37(45)3)61(64,7)8)82-59(71)77-34-39-23-17-13-18-24-39/h12-28,30,36,43,45-47,49-51,53-54,72-73H,29,31-35H2,1-11H3/t43-,45-,46-,47+,49+,50+,51-,53-,54?,62+,63-,64+/m0/s1. The van der Waals surface area contributed by atoms with Gasteiger partial charge in [-0.1, -0.05) is 107 Å². The number of rotatable bonds is 15. The van der Waals surface area contributed by atoms with E-state index < -0.39 is 132 Å². The van der Waals surface area contributed by atoms with Crippen molar-refractivity contribution in [3.63, 3.8) is 0 Å². The van der Waals surface area contributed by atoms with Crippen molar-refractivity contribution >= 4 is 36.1 Å². The molecular formula is C64H75NO19. The normalized spacial score (nSPS) is 29.6. The molecule has 450 valence electrons. The molecule has 12 atom stereocenters. The predicted octanol–water partition coefficient (Wildman–Crippen LogP) is 9.55. The summed E-state index contributed by atoms with van der Waals surface area (Å²) in [6, 6.07) is 29.2. The zero-order chi connectivity index (χ0) is 60.7. The monoisotopic (exact) mass is 1160 g/mol. The number of esters is 2. The van der Waals surface area contributed by atoms with E-state index in [1.165, 1.54) is 38.2 Å². The summed E-state index contributed by atoms with van der Waals surface area (Å²) >= 11 is 0. The van der Waals surface area contributed by atoms with Gasteiger partial charge in [-0.25, -0.2) is 24.0 Å². The number of hydrogen-bond acceptors (Lipinski definition) is 19. The lowest BCUT2D eigenvalue weighted by Gasteiger charge is -2.67. The Bertz CT molecular complexity index is 3120. The van der Waals surface area contributed by atoms with Gasteiger partial charge in [-0.05, 0) is 93.5 Å². The summed E-state index contributed by atoms with van der Waals surface area (Å²) in [7, 11) is 2.92. The van der Waals surface area contributed by atoms with Gasteiger partial charge in [0.2, 0.25) is 0 Å². The highest BCUT2D eigenvalue weighted by molar-refractivity contribution is 5.95. The molecule has 0 radical (unpaired) electrons. The number of ether oxygens (including phenoxy) is 11. The van der Waals surface area contributed by atoms with Gasteiger partial charge in [0.25, 0.3) is 0 Å². The third kappa shape index (κ3) is 11.6. The van der Waals surface area contributed by atoms with Crippen molar-refractivity contribution in [2.45, 2.75) is 160 Å². The molecule has 1 amide bonds. The second kappa shape index (κ2) is 23.9. The molecule has 20 heteroatoms. The number of ketones is 1. The number of carbonyl (C=O) groups excluding carboxylic acids is 6. The number of fused-ring (bicyclic) bond motifs is 5. The number of methoxy groups -OCH3 is 2. The van der Waals surface area contributed by atoms with Gasteiger partial charge in [0.05, 0.1) is 44.0 Å². The van der Waals surface area contributed by atoms with Crippen molar-refractivity contribution in [3.05, 3.63) is 143 Å². The van der Waals surface area contributed by atoms with E-state index in [1.54, 1.807) is 139 Å². The summed E-state index contributed by atoms with van der Waals surface area (Å²) in [4.78, 5) is 91.2. The van der Waals surface area contributed by atoms with Crippen LogP contribution in [-0.2, 0) is 65.4 Å². The molecule has 4 aromatic rings. The van der Waals surface area contributed by atoms with Gasteiger partial charge in [0.15, 0.2) is 24.2 Å². The molecule has 0 aromatic heterocycles. The highest BCUT2D eigenvalue weighted by atomic mass is 16.7. The second-order valence-electron chi connectivity index (χ2n) is 24.4. The summed E-state index contributed by atoms with van der Waals surface area (Å²) in [5, 5.41) is 27.5. The Morgan fingerprint density at radius 3 is 1.92 bits per heavy atom. The third-order valence-corrected chi connectivity index (χ3v) is 17.2. The fraction of sp³-hybridized carbons (Fsp3) is 0.500.